The van der Waals surface area contributed by atoms with E-state index in [1.54, 1.807) is 12.1 Å². The predicted molar refractivity (Wildman–Crippen MR) is 70.3 cm³/mol. The quantitative estimate of drug-likeness (QED) is 0.873. The summed E-state index contributed by atoms with van der Waals surface area (Å²) in [6.45, 7) is 0. The highest BCUT2D eigenvalue weighted by molar-refractivity contribution is 6.16. The van der Waals surface area contributed by atoms with Crippen LogP contribution in [-0.4, -0.2) is 11.3 Å². The lowest BCUT2D eigenvalue weighted by atomic mass is 10.1. The molecule has 1 aromatic carbocycles. The third-order valence-electron chi connectivity index (χ3n) is 2.48. The maximum atomic E-state index is 12.1. The summed E-state index contributed by atoms with van der Waals surface area (Å²) in [5.41, 5.74) is 7.91. The summed E-state index contributed by atoms with van der Waals surface area (Å²) in [6.07, 6.45) is -4.71. The Bertz CT molecular complexity index is 600. The smallest absolute Gasteiger partial charge is 0.406 e. The predicted octanol–water partition coefficient (Wildman–Crippen LogP) is 3.97. The summed E-state index contributed by atoms with van der Waals surface area (Å²) in [5, 5.41) is 0. The topological polar surface area (TPSA) is 48.1 Å². The first-order chi connectivity index (χ1) is 9.39. The Kier molecular flexibility index (Phi) is 4.04. The molecule has 2 N–H and O–H groups in total. The molecule has 3 nitrogen and oxygen atoms in total. The molecule has 20 heavy (non-hydrogen) atoms. The van der Waals surface area contributed by atoms with Crippen molar-refractivity contribution in [3.8, 4) is 17.0 Å². The number of halogens is 4. The van der Waals surface area contributed by atoms with Crippen molar-refractivity contribution in [3.05, 3.63) is 42.1 Å². The number of hydrogen-bond acceptors (Lipinski definition) is 3. The molecule has 0 aliphatic carbocycles. The average Bonchev–Trinajstić information content (AvgIpc) is 2.39. The number of aromatic nitrogens is 1. The highest BCUT2D eigenvalue weighted by atomic mass is 35.5. The van der Waals surface area contributed by atoms with Crippen LogP contribution in [0.4, 0.5) is 18.9 Å². The van der Waals surface area contributed by atoms with Crippen molar-refractivity contribution in [2.24, 2.45) is 0 Å². The molecule has 1 heterocycles. The van der Waals surface area contributed by atoms with Crippen LogP contribution in [0, 0.1) is 0 Å². The Morgan fingerprint density at radius 1 is 1.10 bits per heavy atom. The van der Waals surface area contributed by atoms with E-state index >= 15 is 0 Å². The molecule has 0 saturated heterocycles. The van der Waals surface area contributed by atoms with E-state index in [0.29, 0.717) is 22.6 Å². The normalized spacial score (nSPS) is 11.4. The molecule has 0 spiro atoms. The fraction of sp³-hybridized carbons (Fsp3) is 0.154. The number of pyridine rings is 1. The van der Waals surface area contributed by atoms with Crippen molar-refractivity contribution in [2.75, 3.05) is 5.73 Å². The van der Waals surface area contributed by atoms with Crippen LogP contribution in [0.2, 0.25) is 0 Å². The lowest BCUT2D eigenvalue weighted by Crippen LogP contribution is -2.16. The number of anilines is 1. The highest BCUT2D eigenvalue weighted by Gasteiger charge is 2.30. The lowest BCUT2D eigenvalue weighted by Gasteiger charge is -2.10. The second kappa shape index (κ2) is 5.58. The minimum absolute atomic E-state index is 0.225. The Labute approximate surface area is 118 Å². The summed E-state index contributed by atoms with van der Waals surface area (Å²) < 4.78 is 40.0. The highest BCUT2D eigenvalue weighted by Crippen LogP contribution is 2.28. The van der Waals surface area contributed by atoms with Gasteiger partial charge in [0.25, 0.3) is 0 Å². The number of nitrogen functional groups attached to an aromatic ring is 1. The van der Waals surface area contributed by atoms with E-state index in [1.807, 2.05) is 0 Å². The molecular formula is C13H10ClF3N2O. The van der Waals surface area contributed by atoms with Crippen molar-refractivity contribution in [3.63, 3.8) is 0 Å². The Balaban J connectivity index is 2.30. The van der Waals surface area contributed by atoms with E-state index in [4.69, 9.17) is 17.3 Å². The second-order valence-electron chi connectivity index (χ2n) is 3.95. The van der Waals surface area contributed by atoms with Crippen molar-refractivity contribution >= 4 is 17.3 Å². The number of hydrogen-bond donors (Lipinski definition) is 1. The molecule has 0 amide bonds. The van der Waals surface area contributed by atoms with Gasteiger partial charge in [-0.1, -0.05) is 0 Å². The molecule has 0 saturated carbocycles. The van der Waals surface area contributed by atoms with Gasteiger partial charge in [-0.25, -0.2) is 4.98 Å². The molecule has 0 atom stereocenters. The van der Waals surface area contributed by atoms with Crippen LogP contribution in [0.3, 0.4) is 0 Å². The van der Waals surface area contributed by atoms with E-state index in [1.165, 1.54) is 24.3 Å². The summed E-state index contributed by atoms with van der Waals surface area (Å²) in [4.78, 5) is 4.25. The van der Waals surface area contributed by atoms with Crippen LogP contribution >= 0.6 is 11.6 Å². The third-order valence-corrected chi connectivity index (χ3v) is 2.76. The summed E-state index contributed by atoms with van der Waals surface area (Å²) in [5.74, 6) is -0.0731. The summed E-state index contributed by atoms with van der Waals surface area (Å²) >= 11 is 5.69. The first-order valence-electron chi connectivity index (χ1n) is 5.56. The van der Waals surface area contributed by atoms with Crippen LogP contribution in [0.1, 0.15) is 5.69 Å². The van der Waals surface area contributed by atoms with Crippen LogP contribution in [0.15, 0.2) is 36.4 Å². The molecule has 0 bridgehead atoms. The SMILES string of the molecule is Nc1ccc(CCl)nc1-c1ccc(OC(F)(F)F)cc1. The first-order valence-corrected chi connectivity index (χ1v) is 6.10. The molecule has 2 rings (SSSR count). The van der Waals surface area contributed by atoms with Gasteiger partial charge in [-0.3, -0.25) is 0 Å². The molecule has 0 aliphatic rings. The van der Waals surface area contributed by atoms with E-state index in [0.717, 1.165) is 0 Å². The minimum Gasteiger partial charge on any atom is -0.406 e. The van der Waals surface area contributed by atoms with Crippen molar-refractivity contribution in [1.82, 2.24) is 4.98 Å². The van der Waals surface area contributed by atoms with Gasteiger partial charge in [0.15, 0.2) is 0 Å². The van der Waals surface area contributed by atoms with Gasteiger partial charge in [0, 0.05) is 5.56 Å². The Hall–Kier alpha value is -1.95. The van der Waals surface area contributed by atoms with Crippen molar-refractivity contribution < 1.29 is 17.9 Å². The number of benzene rings is 1. The van der Waals surface area contributed by atoms with E-state index < -0.39 is 6.36 Å². The van der Waals surface area contributed by atoms with E-state index in [-0.39, 0.29) is 11.6 Å². The standard InChI is InChI=1S/C13H10ClF3N2O/c14-7-9-3-6-11(18)12(19-9)8-1-4-10(5-2-8)20-13(15,16)17/h1-6H,7,18H2. The molecule has 1 aromatic heterocycles. The van der Waals surface area contributed by atoms with Gasteiger partial charge < -0.3 is 10.5 Å². The molecule has 2 aromatic rings. The molecular weight excluding hydrogens is 293 g/mol. The second-order valence-corrected chi connectivity index (χ2v) is 4.21. The summed E-state index contributed by atoms with van der Waals surface area (Å²) in [6, 6.07) is 8.66. The number of rotatable bonds is 3. The fourth-order valence-corrected chi connectivity index (χ4v) is 1.78. The molecule has 106 valence electrons. The molecule has 7 heteroatoms. The van der Waals surface area contributed by atoms with Gasteiger partial charge in [0.2, 0.25) is 0 Å². The first kappa shape index (κ1) is 14.5. The molecule has 0 unspecified atom stereocenters. The van der Waals surface area contributed by atoms with Crippen LogP contribution in [0.25, 0.3) is 11.3 Å². The maximum absolute atomic E-state index is 12.1. The van der Waals surface area contributed by atoms with Crippen molar-refractivity contribution in [2.45, 2.75) is 12.2 Å². The largest absolute Gasteiger partial charge is 0.573 e. The zero-order valence-corrected chi connectivity index (χ0v) is 10.9. The summed E-state index contributed by atoms with van der Waals surface area (Å²) in [7, 11) is 0. The van der Waals surface area contributed by atoms with Gasteiger partial charge in [-0.2, -0.15) is 0 Å². The van der Waals surface area contributed by atoms with E-state index in [2.05, 4.69) is 9.72 Å². The van der Waals surface area contributed by atoms with Crippen LogP contribution in [0.5, 0.6) is 5.75 Å². The maximum Gasteiger partial charge on any atom is 0.573 e. The zero-order valence-electron chi connectivity index (χ0n) is 10.1. The van der Waals surface area contributed by atoms with Crippen LogP contribution in [-0.2, 0) is 5.88 Å². The van der Waals surface area contributed by atoms with Gasteiger partial charge >= 0.3 is 6.36 Å². The van der Waals surface area contributed by atoms with Gasteiger partial charge in [0.1, 0.15) is 5.75 Å². The monoisotopic (exact) mass is 302 g/mol. The number of nitrogens with two attached hydrogens (primary N) is 1. The Morgan fingerprint density at radius 2 is 1.75 bits per heavy atom. The van der Waals surface area contributed by atoms with Gasteiger partial charge in [-0.15, -0.1) is 24.8 Å². The van der Waals surface area contributed by atoms with Crippen molar-refractivity contribution in [1.29, 1.82) is 0 Å². The molecule has 0 fully saturated rings. The minimum atomic E-state index is -4.71. The van der Waals surface area contributed by atoms with E-state index in [9.17, 15) is 13.2 Å². The van der Waals surface area contributed by atoms with Crippen LogP contribution < -0.4 is 10.5 Å². The lowest BCUT2D eigenvalue weighted by molar-refractivity contribution is -0.274. The number of ether oxygens (including phenoxy) is 1. The average molecular weight is 303 g/mol. The molecule has 0 radical (unpaired) electrons. The van der Waals surface area contributed by atoms with Gasteiger partial charge in [-0.05, 0) is 36.4 Å². The number of alkyl halides is 4. The fourth-order valence-electron chi connectivity index (χ4n) is 1.63. The zero-order chi connectivity index (χ0) is 14.8. The third kappa shape index (κ3) is 3.54. The Morgan fingerprint density at radius 3 is 2.30 bits per heavy atom. The number of nitrogens with zero attached hydrogens (tertiary/aromatic N) is 1. The molecule has 0 aliphatic heterocycles. The van der Waals surface area contributed by atoms with Gasteiger partial charge in [0.05, 0.1) is 23.0 Å².